The number of fused-ring (bicyclic) bond motifs is 1. The Kier molecular flexibility index (Phi) is 4.72. The highest BCUT2D eigenvalue weighted by Crippen LogP contribution is 2.30. The minimum absolute atomic E-state index is 0.112. The third-order valence-electron chi connectivity index (χ3n) is 4.69. The largest absolute Gasteiger partial charge is 0.283 e. The molecule has 1 N–H and O–H groups in total. The van der Waals surface area contributed by atoms with Crippen LogP contribution < -0.4 is 0 Å². The van der Waals surface area contributed by atoms with Crippen LogP contribution in [0.15, 0.2) is 87.4 Å². The Morgan fingerprint density at radius 1 is 1.07 bits per heavy atom. The van der Waals surface area contributed by atoms with Crippen LogP contribution >= 0.6 is 27.7 Å². The molecular weight excluding hydrogens is 462 g/mol. The van der Waals surface area contributed by atoms with Gasteiger partial charge in [0, 0.05) is 28.0 Å². The van der Waals surface area contributed by atoms with E-state index >= 15 is 0 Å². The topological polar surface area (TPSA) is 74.3 Å². The second-order valence-electron chi connectivity index (χ2n) is 6.60. The van der Waals surface area contributed by atoms with Crippen molar-refractivity contribution < 1.29 is 4.79 Å². The number of thioether (sulfide) groups is 1. The number of hydrogen-bond acceptors (Lipinski definition) is 4. The molecule has 3 heterocycles. The van der Waals surface area contributed by atoms with Crippen molar-refractivity contribution in [2.24, 2.45) is 4.99 Å². The molecule has 1 amide bonds. The molecule has 0 atom stereocenters. The van der Waals surface area contributed by atoms with Crippen molar-refractivity contribution >= 4 is 50.7 Å². The van der Waals surface area contributed by atoms with Gasteiger partial charge in [0.1, 0.15) is 5.84 Å². The molecule has 0 saturated carbocycles. The van der Waals surface area contributed by atoms with Gasteiger partial charge in [0.2, 0.25) is 0 Å². The van der Waals surface area contributed by atoms with Crippen molar-refractivity contribution in [1.82, 2.24) is 14.7 Å². The third kappa shape index (κ3) is 3.34. The van der Waals surface area contributed by atoms with Gasteiger partial charge in [-0.2, -0.15) is 10.1 Å². The molecule has 30 heavy (non-hydrogen) atoms. The Bertz CT molecular complexity index is 1260. The highest BCUT2D eigenvalue weighted by Gasteiger charge is 2.31. The maximum absolute atomic E-state index is 12.6. The van der Waals surface area contributed by atoms with E-state index in [9.17, 15) is 4.79 Å². The fourth-order valence-electron chi connectivity index (χ4n) is 3.22. The first kappa shape index (κ1) is 18.8. The molecule has 8 heteroatoms. The number of carbonyl (C=O) groups is 1. The van der Waals surface area contributed by atoms with Crippen LogP contribution in [0.25, 0.3) is 23.0 Å². The second kappa shape index (κ2) is 7.55. The number of rotatable bonds is 3. The lowest BCUT2D eigenvalue weighted by molar-refractivity contribution is -0.114. The van der Waals surface area contributed by atoms with E-state index in [-0.39, 0.29) is 11.4 Å². The average Bonchev–Trinajstić information content (AvgIpc) is 3.40. The lowest BCUT2D eigenvalue weighted by Gasteiger charge is -2.22. The van der Waals surface area contributed by atoms with E-state index in [0.29, 0.717) is 5.17 Å². The van der Waals surface area contributed by atoms with Crippen LogP contribution in [-0.2, 0) is 4.79 Å². The zero-order valence-corrected chi connectivity index (χ0v) is 17.9. The zero-order valence-electron chi connectivity index (χ0n) is 15.5. The third-order valence-corrected chi connectivity index (χ3v) is 5.98. The molecule has 146 valence electrons. The molecule has 0 aliphatic carbocycles. The summed E-state index contributed by atoms with van der Waals surface area (Å²) in [5.41, 5.74) is 3.52. The summed E-state index contributed by atoms with van der Waals surface area (Å²) in [4.78, 5) is 18.3. The summed E-state index contributed by atoms with van der Waals surface area (Å²) in [7, 11) is 0. The van der Waals surface area contributed by atoms with Gasteiger partial charge in [0.15, 0.2) is 5.17 Å². The summed E-state index contributed by atoms with van der Waals surface area (Å²) in [6, 6.07) is 17.6. The minimum atomic E-state index is -0.420. The Labute approximate surface area is 185 Å². The maximum Gasteiger partial charge on any atom is 0.283 e. The van der Waals surface area contributed by atoms with E-state index in [1.54, 1.807) is 21.9 Å². The number of para-hydroxylation sites is 1. The highest BCUT2D eigenvalue weighted by molar-refractivity contribution is 9.10. The van der Waals surface area contributed by atoms with E-state index in [4.69, 9.17) is 10.5 Å². The molecular formula is C22H14BrN5OS. The van der Waals surface area contributed by atoms with E-state index in [1.165, 1.54) is 11.8 Å². The summed E-state index contributed by atoms with van der Waals surface area (Å²) in [5, 5.41) is 15.6. The van der Waals surface area contributed by atoms with E-state index in [1.807, 2.05) is 66.2 Å². The van der Waals surface area contributed by atoms with E-state index < -0.39 is 5.91 Å². The van der Waals surface area contributed by atoms with Crippen molar-refractivity contribution in [3.05, 3.63) is 88.0 Å². The number of carbonyl (C=O) groups excluding carboxylic acids is 1. The Morgan fingerprint density at radius 3 is 2.60 bits per heavy atom. The van der Waals surface area contributed by atoms with Crippen LogP contribution in [0.2, 0.25) is 0 Å². The van der Waals surface area contributed by atoms with Gasteiger partial charge >= 0.3 is 0 Å². The molecule has 3 aromatic rings. The van der Waals surface area contributed by atoms with Crippen molar-refractivity contribution in [2.75, 3.05) is 0 Å². The average molecular weight is 476 g/mol. The van der Waals surface area contributed by atoms with Crippen molar-refractivity contribution in [3.8, 4) is 16.9 Å². The molecule has 0 bridgehead atoms. The number of nitrogens with one attached hydrogen (secondary N) is 1. The van der Waals surface area contributed by atoms with E-state index in [2.05, 4.69) is 20.9 Å². The fraction of sp³-hybridized carbons (Fsp3) is 0. The van der Waals surface area contributed by atoms with Gasteiger partial charge in [0.25, 0.3) is 5.91 Å². The predicted octanol–water partition coefficient (Wildman–Crippen LogP) is 5.08. The lowest BCUT2D eigenvalue weighted by atomic mass is 10.0. The van der Waals surface area contributed by atoms with Crippen LogP contribution in [0.5, 0.6) is 0 Å². The second-order valence-corrected chi connectivity index (χ2v) is 8.39. The van der Waals surface area contributed by atoms with Crippen LogP contribution in [-0.4, -0.2) is 31.6 Å². The number of benzene rings is 2. The molecule has 0 radical (unpaired) electrons. The van der Waals surface area contributed by atoms with Crippen molar-refractivity contribution in [1.29, 1.82) is 5.41 Å². The Hall–Kier alpha value is -3.23. The zero-order chi connectivity index (χ0) is 20.7. The predicted molar refractivity (Wildman–Crippen MR) is 123 cm³/mol. The number of amides is 1. The van der Waals surface area contributed by atoms with Crippen LogP contribution in [0.3, 0.4) is 0 Å². The summed E-state index contributed by atoms with van der Waals surface area (Å²) >= 11 is 4.79. The summed E-state index contributed by atoms with van der Waals surface area (Å²) in [6.45, 7) is 0. The lowest BCUT2D eigenvalue weighted by Crippen LogP contribution is -2.35. The van der Waals surface area contributed by atoms with Gasteiger partial charge in [-0.1, -0.05) is 58.0 Å². The van der Waals surface area contributed by atoms with Gasteiger partial charge in [-0.25, -0.2) is 4.68 Å². The standard InChI is InChI=1S/C22H14BrN5OS/c23-16-8-6-14(7-9-16)19-15(13-28(26-19)17-4-2-1-3-5-17)12-18-20(24)27-10-11-30-22(27)25-21(18)29/h1-13,24H/b18-12-,24-20?. The first-order chi connectivity index (χ1) is 14.6. The molecule has 0 spiro atoms. The molecule has 2 aliphatic rings. The normalized spacial score (nSPS) is 16.9. The first-order valence-electron chi connectivity index (χ1n) is 9.07. The number of halogens is 1. The van der Waals surface area contributed by atoms with Crippen LogP contribution in [0, 0.1) is 5.41 Å². The summed E-state index contributed by atoms with van der Waals surface area (Å²) in [6.07, 6.45) is 5.31. The molecule has 1 aromatic heterocycles. The van der Waals surface area contributed by atoms with Crippen LogP contribution in [0.4, 0.5) is 0 Å². The summed E-state index contributed by atoms with van der Waals surface area (Å²) < 4.78 is 2.75. The van der Waals surface area contributed by atoms with Gasteiger partial charge in [0.05, 0.1) is 17.0 Å². The van der Waals surface area contributed by atoms with Gasteiger partial charge < -0.3 is 0 Å². The molecule has 0 unspecified atom stereocenters. The molecule has 2 aromatic carbocycles. The highest BCUT2D eigenvalue weighted by atomic mass is 79.9. The summed E-state index contributed by atoms with van der Waals surface area (Å²) in [5.74, 6) is -0.308. The fourth-order valence-corrected chi connectivity index (χ4v) is 4.19. The number of nitrogens with zero attached hydrogens (tertiary/aromatic N) is 4. The van der Waals surface area contributed by atoms with Gasteiger partial charge in [-0.05, 0) is 35.7 Å². The SMILES string of the molecule is N=C1/C(=C/c2cn(-c3ccccc3)nc2-c2ccc(Br)cc2)C(=O)N=C2SC=CN12. The maximum atomic E-state index is 12.6. The minimum Gasteiger partial charge on any atom is -0.283 e. The smallest absolute Gasteiger partial charge is 0.283 e. The van der Waals surface area contributed by atoms with Crippen LogP contribution in [0.1, 0.15) is 5.56 Å². The molecule has 0 saturated heterocycles. The van der Waals surface area contributed by atoms with Gasteiger partial charge in [-0.3, -0.25) is 15.1 Å². The Morgan fingerprint density at radius 2 is 1.83 bits per heavy atom. The first-order valence-corrected chi connectivity index (χ1v) is 10.7. The number of hydrogen-bond donors (Lipinski definition) is 1. The number of aromatic nitrogens is 2. The van der Waals surface area contributed by atoms with Crippen molar-refractivity contribution in [3.63, 3.8) is 0 Å². The molecule has 2 aliphatic heterocycles. The molecule has 6 nitrogen and oxygen atoms in total. The van der Waals surface area contributed by atoms with E-state index in [0.717, 1.165) is 27.0 Å². The molecule has 0 fully saturated rings. The monoisotopic (exact) mass is 475 g/mol. The van der Waals surface area contributed by atoms with Gasteiger partial charge in [-0.15, -0.1) is 0 Å². The number of aliphatic imine (C=N–C) groups is 1. The molecule has 5 rings (SSSR count). The number of amidine groups is 2. The quantitative estimate of drug-likeness (QED) is 0.536. The van der Waals surface area contributed by atoms with Crippen molar-refractivity contribution in [2.45, 2.75) is 0 Å². The Balaban J connectivity index is 1.65.